The summed E-state index contributed by atoms with van der Waals surface area (Å²) < 4.78 is 18.4. The molecular weight excluding hydrogens is 182 g/mol. The van der Waals surface area contributed by atoms with Crippen molar-refractivity contribution in [1.29, 1.82) is 0 Å². The molecular formula is C6H13NO4S. The molecule has 0 saturated carbocycles. The van der Waals surface area contributed by atoms with Gasteiger partial charge in [0.05, 0.1) is 30.2 Å². The van der Waals surface area contributed by atoms with Crippen LogP contribution in [0.1, 0.15) is 0 Å². The van der Waals surface area contributed by atoms with E-state index in [0.29, 0.717) is 6.29 Å². The van der Waals surface area contributed by atoms with Gasteiger partial charge in [-0.15, -0.1) is 0 Å². The first kappa shape index (κ1) is 9.94. The van der Waals surface area contributed by atoms with E-state index in [1.54, 1.807) is 0 Å². The molecule has 2 unspecified atom stereocenters. The number of carbonyl (C=O) groups excluding carboxylic acids is 1. The highest BCUT2D eigenvalue weighted by molar-refractivity contribution is 8.24. The van der Waals surface area contributed by atoms with Crippen molar-refractivity contribution in [3.8, 4) is 0 Å². The number of hydrogen-bond acceptors (Lipinski definition) is 5. The molecule has 0 aromatic heterocycles. The Morgan fingerprint density at radius 2 is 2.17 bits per heavy atom. The van der Waals surface area contributed by atoms with Gasteiger partial charge in [0.2, 0.25) is 0 Å². The molecule has 72 valence electrons. The molecule has 12 heavy (non-hydrogen) atoms. The lowest BCUT2D eigenvalue weighted by atomic mass is 10.2. The third kappa shape index (κ3) is 2.43. The lowest BCUT2D eigenvalue weighted by Crippen LogP contribution is -2.39. The lowest BCUT2D eigenvalue weighted by Gasteiger charge is -2.25. The Hall–Kier alpha value is -0.140. The molecule has 1 aliphatic heterocycles. The van der Waals surface area contributed by atoms with Crippen molar-refractivity contribution in [3.63, 3.8) is 0 Å². The molecule has 0 aromatic carbocycles. The Balaban J connectivity index is 2.41. The second-order valence-corrected chi connectivity index (χ2v) is 5.16. The second kappa shape index (κ2) is 3.71. The van der Waals surface area contributed by atoms with E-state index >= 15 is 0 Å². The van der Waals surface area contributed by atoms with E-state index in [2.05, 4.69) is 5.32 Å². The lowest BCUT2D eigenvalue weighted by molar-refractivity contribution is -0.107. The van der Waals surface area contributed by atoms with Crippen LogP contribution >= 0.6 is 10.6 Å². The summed E-state index contributed by atoms with van der Waals surface area (Å²) in [5.74, 6) is 0.158. The maximum absolute atomic E-state index is 9.97. The molecule has 1 rings (SSSR count). The first-order chi connectivity index (χ1) is 5.55. The summed E-state index contributed by atoms with van der Waals surface area (Å²) in [6.45, 7) is 0.136. The summed E-state index contributed by atoms with van der Waals surface area (Å²) in [7, 11) is -2.60. The van der Waals surface area contributed by atoms with Crippen LogP contribution < -0.4 is 5.32 Å². The molecule has 5 nitrogen and oxygen atoms in total. The number of aliphatic hydroxyl groups excluding tert-OH is 1. The molecule has 0 aromatic rings. The highest BCUT2D eigenvalue weighted by Crippen LogP contribution is 2.45. The number of rotatable bonds is 3. The van der Waals surface area contributed by atoms with Crippen LogP contribution in [0.5, 0.6) is 0 Å². The third-order valence-corrected chi connectivity index (χ3v) is 3.58. The largest absolute Gasteiger partial charge is 0.390 e. The molecule has 0 radical (unpaired) electrons. The van der Waals surface area contributed by atoms with Gasteiger partial charge in [-0.1, -0.05) is 0 Å². The van der Waals surface area contributed by atoms with Crippen LogP contribution in [-0.2, 0) is 4.79 Å². The second-order valence-electron chi connectivity index (χ2n) is 2.88. The van der Waals surface area contributed by atoms with Crippen molar-refractivity contribution < 1.29 is 19.0 Å². The van der Waals surface area contributed by atoms with Gasteiger partial charge in [0.25, 0.3) is 0 Å². The van der Waals surface area contributed by atoms with Crippen LogP contribution in [0, 0.1) is 0 Å². The Kier molecular flexibility index (Phi) is 3.08. The molecule has 0 bridgehead atoms. The third-order valence-electron chi connectivity index (χ3n) is 1.81. The molecule has 0 aliphatic carbocycles. The highest BCUT2D eigenvalue weighted by Gasteiger charge is 2.35. The first-order valence-electron chi connectivity index (χ1n) is 3.64. The number of carbonyl (C=O) groups is 1. The zero-order chi connectivity index (χ0) is 9.19. The highest BCUT2D eigenvalue weighted by atomic mass is 32.3. The van der Waals surface area contributed by atoms with Crippen LogP contribution in [-0.4, -0.2) is 50.7 Å². The summed E-state index contributed by atoms with van der Waals surface area (Å²) in [6, 6.07) is -0.361. The van der Waals surface area contributed by atoms with Crippen molar-refractivity contribution in [2.24, 2.45) is 0 Å². The summed E-state index contributed by atoms with van der Waals surface area (Å²) in [4.78, 5) is 9.97. The average molecular weight is 195 g/mol. The maximum Gasteiger partial charge on any atom is 0.133 e. The predicted molar refractivity (Wildman–Crippen MR) is 46.4 cm³/mol. The smallest absolute Gasteiger partial charge is 0.133 e. The number of nitrogens with one attached hydrogen (secondary N) is 1. The van der Waals surface area contributed by atoms with E-state index in [-0.39, 0.29) is 24.1 Å². The van der Waals surface area contributed by atoms with Crippen molar-refractivity contribution in [3.05, 3.63) is 0 Å². The molecule has 2 atom stereocenters. The Bertz CT molecular complexity index is 175. The van der Waals surface area contributed by atoms with Gasteiger partial charge in [-0.3, -0.25) is 9.11 Å². The predicted octanol–water partition coefficient (Wildman–Crippen LogP) is -0.731. The quantitative estimate of drug-likeness (QED) is 0.446. The minimum Gasteiger partial charge on any atom is -0.390 e. The van der Waals surface area contributed by atoms with Crippen molar-refractivity contribution in [2.45, 2.75) is 12.1 Å². The van der Waals surface area contributed by atoms with Crippen LogP contribution in [0.25, 0.3) is 0 Å². The van der Waals surface area contributed by atoms with Crippen molar-refractivity contribution in [2.75, 3.05) is 18.1 Å². The normalized spacial score (nSPS) is 36.2. The fraction of sp³-hybridized carbons (Fsp3) is 0.833. The molecule has 1 fully saturated rings. The van der Waals surface area contributed by atoms with Gasteiger partial charge in [0, 0.05) is 0 Å². The van der Waals surface area contributed by atoms with Crippen molar-refractivity contribution in [1.82, 2.24) is 5.32 Å². The molecule has 4 N–H and O–H groups in total. The van der Waals surface area contributed by atoms with Gasteiger partial charge < -0.3 is 15.2 Å². The molecule has 1 heterocycles. The number of aliphatic hydroxyl groups is 1. The monoisotopic (exact) mass is 195 g/mol. The minimum atomic E-state index is -2.60. The minimum absolute atomic E-state index is 0.0174. The summed E-state index contributed by atoms with van der Waals surface area (Å²) in [5.41, 5.74) is 0. The zero-order valence-corrected chi connectivity index (χ0v) is 7.33. The number of aldehydes is 1. The van der Waals surface area contributed by atoms with E-state index in [1.165, 1.54) is 0 Å². The van der Waals surface area contributed by atoms with Gasteiger partial charge in [-0.05, 0) is 0 Å². The van der Waals surface area contributed by atoms with Crippen LogP contribution in [0.3, 0.4) is 0 Å². The van der Waals surface area contributed by atoms with Gasteiger partial charge in [-0.2, -0.15) is 10.6 Å². The van der Waals surface area contributed by atoms with Crippen LogP contribution in [0.2, 0.25) is 0 Å². The fourth-order valence-corrected chi connectivity index (χ4v) is 3.08. The molecule has 1 aliphatic rings. The number of hydrogen-bond donors (Lipinski definition) is 4. The van der Waals surface area contributed by atoms with Gasteiger partial charge in [-0.25, -0.2) is 0 Å². The standard InChI is InChI=1S/C6H13NO4S/c8-2-1-7-5-3-12(10,11)4-6(5)9/h2,5-7,9-11H,1,3-4H2. The van der Waals surface area contributed by atoms with Crippen LogP contribution in [0.15, 0.2) is 0 Å². The SMILES string of the molecule is O=CCNC1CS(O)(O)CC1O. The van der Waals surface area contributed by atoms with Crippen LogP contribution in [0.4, 0.5) is 0 Å². The van der Waals surface area contributed by atoms with Crippen molar-refractivity contribution >= 4 is 16.9 Å². The maximum atomic E-state index is 9.97. The molecule has 0 amide bonds. The van der Waals surface area contributed by atoms with E-state index in [9.17, 15) is 19.0 Å². The topological polar surface area (TPSA) is 89.8 Å². The Morgan fingerprint density at radius 1 is 1.50 bits per heavy atom. The van der Waals surface area contributed by atoms with Gasteiger partial charge in [0.1, 0.15) is 6.29 Å². The Labute approximate surface area is 72.1 Å². The zero-order valence-electron chi connectivity index (χ0n) is 6.51. The summed E-state index contributed by atoms with van der Waals surface area (Å²) in [6.07, 6.45) is -0.0773. The summed E-state index contributed by atoms with van der Waals surface area (Å²) in [5, 5.41) is 12.0. The summed E-state index contributed by atoms with van der Waals surface area (Å²) >= 11 is 0. The van der Waals surface area contributed by atoms with E-state index in [1.807, 2.05) is 0 Å². The van der Waals surface area contributed by atoms with Gasteiger partial charge >= 0.3 is 0 Å². The van der Waals surface area contributed by atoms with E-state index < -0.39 is 16.7 Å². The van der Waals surface area contributed by atoms with E-state index in [0.717, 1.165) is 0 Å². The van der Waals surface area contributed by atoms with Gasteiger partial charge in [0.15, 0.2) is 0 Å². The average Bonchev–Trinajstić information content (AvgIpc) is 2.20. The molecule has 1 saturated heterocycles. The Morgan fingerprint density at radius 3 is 2.58 bits per heavy atom. The first-order valence-corrected chi connectivity index (χ1v) is 5.52. The molecule has 0 spiro atoms. The fourth-order valence-electron chi connectivity index (χ4n) is 1.25. The van der Waals surface area contributed by atoms with E-state index in [4.69, 9.17) is 0 Å². The molecule has 6 heteroatoms.